The number of amides is 1. The Morgan fingerprint density at radius 2 is 2.12 bits per heavy atom. The van der Waals surface area contributed by atoms with Crippen LogP contribution in [-0.2, 0) is 16.0 Å². The molecule has 0 bridgehead atoms. The molecule has 1 amide bonds. The van der Waals surface area contributed by atoms with Crippen LogP contribution in [-0.4, -0.2) is 35.5 Å². The van der Waals surface area contributed by atoms with E-state index in [0.29, 0.717) is 6.42 Å². The lowest BCUT2D eigenvalue weighted by molar-refractivity contribution is -0.142. The number of carbonyl (C=O) groups excluding carboxylic acids is 1. The normalized spacial score (nSPS) is 12.2. The van der Waals surface area contributed by atoms with Gasteiger partial charge >= 0.3 is 5.97 Å². The van der Waals surface area contributed by atoms with E-state index in [1.54, 1.807) is 25.3 Å². The Hall–Kier alpha value is -1.36. The average Bonchev–Trinajstić information content (AvgIpc) is 2.63. The van der Waals surface area contributed by atoms with Crippen molar-refractivity contribution in [1.29, 1.82) is 0 Å². The Bertz CT molecular complexity index is 414. The zero-order valence-corrected chi connectivity index (χ0v) is 11.1. The van der Waals surface area contributed by atoms with Crippen molar-refractivity contribution in [3.8, 4) is 0 Å². The first-order valence-corrected chi connectivity index (χ1v) is 6.24. The molecule has 1 heterocycles. The van der Waals surface area contributed by atoms with E-state index in [2.05, 4.69) is 0 Å². The number of carboxylic acid groups (broad SMARTS) is 1. The maximum Gasteiger partial charge on any atom is 0.308 e. The Balaban J connectivity index is 2.50. The fourth-order valence-corrected chi connectivity index (χ4v) is 2.34. The summed E-state index contributed by atoms with van der Waals surface area (Å²) in [4.78, 5) is 26.2. The average molecular weight is 255 g/mol. The summed E-state index contributed by atoms with van der Waals surface area (Å²) in [5.41, 5.74) is 0. The molecule has 0 aliphatic heterocycles. The summed E-state index contributed by atoms with van der Waals surface area (Å²) in [5, 5.41) is 8.77. The minimum atomic E-state index is -0.878. The van der Waals surface area contributed by atoms with Gasteiger partial charge in [0, 0.05) is 23.3 Å². The molecule has 5 heteroatoms. The molecular weight excluding hydrogens is 238 g/mol. The van der Waals surface area contributed by atoms with Crippen molar-refractivity contribution in [3.05, 3.63) is 21.9 Å². The largest absolute Gasteiger partial charge is 0.481 e. The number of likely N-dealkylation sites (N-methyl/N-ethyl adjacent to an activating group) is 1. The summed E-state index contributed by atoms with van der Waals surface area (Å²) in [6.07, 6.45) is 0.349. The third kappa shape index (κ3) is 4.19. The number of carboxylic acids is 1. The number of hydrogen-bond donors (Lipinski definition) is 1. The first-order chi connectivity index (χ1) is 7.90. The first-order valence-electron chi connectivity index (χ1n) is 5.42. The van der Waals surface area contributed by atoms with E-state index in [-0.39, 0.29) is 12.5 Å². The predicted molar refractivity (Wildman–Crippen MR) is 67.2 cm³/mol. The van der Waals surface area contributed by atoms with Crippen LogP contribution in [0.1, 0.15) is 16.7 Å². The van der Waals surface area contributed by atoms with Crippen molar-refractivity contribution in [2.24, 2.45) is 5.92 Å². The van der Waals surface area contributed by atoms with E-state index in [9.17, 15) is 9.59 Å². The lowest BCUT2D eigenvalue weighted by Gasteiger charge is -2.19. The Morgan fingerprint density at radius 1 is 1.47 bits per heavy atom. The highest BCUT2D eigenvalue weighted by Crippen LogP contribution is 2.16. The number of nitrogens with zero attached hydrogens (tertiary/aromatic N) is 1. The van der Waals surface area contributed by atoms with Crippen LogP contribution in [0.2, 0.25) is 0 Å². The minimum Gasteiger partial charge on any atom is -0.481 e. The van der Waals surface area contributed by atoms with Gasteiger partial charge in [-0.1, -0.05) is 6.92 Å². The molecule has 0 aliphatic carbocycles. The SMILES string of the molecule is Cc1ccc(CC(=O)N(C)CC(C)C(=O)O)s1. The summed E-state index contributed by atoms with van der Waals surface area (Å²) < 4.78 is 0. The highest BCUT2D eigenvalue weighted by atomic mass is 32.1. The van der Waals surface area contributed by atoms with Gasteiger partial charge in [-0.3, -0.25) is 9.59 Å². The third-order valence-electron chi connectivity index (χ3n) is 2.52. The molecule has 1 aromatic rings. The van der Waals surface area contributed by atoms with Crippen molar-refractivity contribution < 1.29 is 14.7 Å². The van der Waals surface area contributed by atoms with Crippen LogP contribution in [0.5, 0.6) is 0 Å². The molecule has 1 rings (SSSR count). The van der Waals surface area contributed by atoms with E-state index in [0.717, 1.165) is 4.88 Å². The van der Waals surface area contributed by atoms with Crippen molar-refractivity contribution in [3.63, 3.8) is 0 Å². The molecule has 94 valence electrons. The molecule has 1 aromatic heterocycles. The van der Waals surface area contributed by atoms with Gasteiger partial charge in [0.1, 0.15) is 0 Å². The van der Waals surface area contributed by atoms with E-state index in [4.69, 9.17) is 5.11 Å². The van der Waals surface area contributed by atoms with Crippen molar-refractivity contribution in [1.82, 2.24) is 4.90 Å². The topological polar surface area (TPSA) is 57.6 Å². The number of thiophene rings is 1. The van der Waals surface area contributed by atoms with E-state index in [1.165, 1.54) is 9.78 Å². The number of aliphatic carboxylic acids is 1. The van der Waals surface area contributed by atoms with Crippen molar-refractivity contribution >= 4 is 23.2 Å². The highest BCUT2D eigenvalue weighted by Gasteiger charge is 2.17. The minimum absolute atomic E-state index is 0.0417. The number of aryl methyl sites for hydroxylation is 1. The summed E-state index contributed by atoms with van der Waals surface area (Å²) in [5.74, 6) is -1.45. The van der Waals surface area contributed by atoms with Crippen molar-refractivity contribution in [2.45, 2.75) is 20.3 Å². The van der Waals surface area contributed by atoms with E-state index >= 15 is 0 Å². The van der Waals surface area contributed by atoms with Crippen LogP contribution >= 0.6 is 11.3 Å². The molecule has 0 spiro atoms. The quantitative estimate of drug-likeness (QED) is 0.872. The number of carbonyl (C=O) groups is 2. The van der Waals surface area contributed by atoms with Gasteiger partial charge in [-0.2, -0.15) is 0 Å². The van der Waals surface area contributed by atoms with Crippen LogP contribution < -0.4 is 0 Å². The number of hydrogen-bond acceptors (Lipinski definition) is 3. The molecule has 0 aromatic carbocycles. The van der Waals surface area contributed by atoms with Gasteiger partial charge in [0.05, 0.1) is 12.3 Å². The first kappa shape index (κ1) is 13.7. The van der Waals surface area contributed by atoms with Crippen LogP contribution in [0.3, 0.4) is 0 Å². The highest BCUT2D eigenvalue weighted by molar-refractivity contribution is 7.12. The Labute approximate surface area is 105 Å². The molecular formula is C12H17NO3S. The zero-order chi connectivity index (χ0) is 13.0. The third-order valence-corrected chi connectivity index (χ3v) is 3.52. The van der Waals surface area contributed by atoms with Gasteiger partial charge in [-0.15, -0.1) is 11.3 Å². The molecule has 1 unspecified atom stereocenters. The molecule has 0 radical (unpaired) electrons. The van der Waals surface area contributed by atoms with Gasteiger partial charge in [0.2, 0.25) is 5.91 Å². The van der Waals surface area contributed by atoms with E-state index in [1.807, 2.05) is 19.1 Å². The maximum absolute atomic E-state index is 11.8. The number of rotatable bonds is 5. The second kappa shape index (κ2) is 5.82. The lowest BCUT2D eigenvalue weighted by Crippen LogP contribution is -2.34. The van der Waals surface area contributed by atoms with Crippen LogP contribution in [0, 0.1) is 12.8 Å². The van der Waals surface area contributed by atoms with Gasteiger partial charge in [0.25, 0.3) is 0 Å². The second-order valence-electron chi connectivity index (χ2n) is 4.20. The second-order valence-corrected chi connectivity index (χ2v) is 5.58. The van der Waals surface area contributed by atoms with Gasteiger partial charge in [-0.05, 0) is 19.1 Å². The maximum atomic E-state index is 11.8. The summed E-state index contributed by atoms with van der Waals surface area (Å²) >= 11 is 1.59. The molecule has 0 fully saturated rings. The van der Waals surface area contributed by atoms with Gasteiger partial charge in [-0.25, -0.2) is 0 Å². The lowest BCUT2D eigenvalue weighted by atomic mass is 10.1. The Kier molecular flexibility index (Phi) is 4.69. The summed E-state index contributed by atoms with van der Waals surface area (Å²) in [7, 11) is 1.64. The molecule has 4 nitrogen and oxygen atoms in total. The summed E-state index contributed by atoms with van der Waals surface area (Å²) in [6, 6.07) is 3.92. The predicted octanol–water partition coefficient (Wildman–Crippen LogP) is 1.78. The fourth-order valence-electron chi connectivity index (χ4n) is 1.45. The zero-order valence-electron chi connectivity index (χ0n) is 10.3. The molecule has 0 saturated carbocycles. The standard InChI is InChI=1S/C12H17NO3S/c1-8(12(15)16)7-13(3)11(14)6-10-5-4-9(2)17-10/h4-5,8H,6-7H2,1-3H3,(H,15,16). The van der Waals surface area contributed by atoms with Crippen molar-refractivity contribution in [2.75, 3.05) is 13.6 Å². The monoisotopic (exact) mass is 255 g/mol. The Morgan fingerprint density at radius 3 is 2.59 bits per heavy atom. The summed E-state index contributed by atoms with van der Waals surface area (Å²) in [6.45, 7) is 3.84. The van der Waals surface area contributed by atoms with E-state index < -0.39 is 11.9 Å². The molecule has 0 saturated heterocycles. The molecule has 1 atom stereocenters. The molecule has 17 heavy (non-hydrogen) atoms. The van der Waals surface area contributed by atoms with Crippen LogP contribution in [0.25, 0.3) is 0 Å². The van der Waals surface area contributed by atoms with Gasteiger partial charge in [0.15, 0.2) is 0 Å². The fraction of sp³-hybridized carbons (Fsp3) is 0.500. The molecule has 1 N–H and O–H groups in total. The molecule has 0 aliphatic rings. The van der Waals surface area contributed by atoms with Crippen LogP contribution in [0.4, 0.5) is 0 Å². The smallest absolute Gasteiger partial charge is 0.308 e. The van der Waals surface area contributed by atoms with Gasteiger partial charge < -0.3 is 10.0 Å². The van der Waals surface area contributed by atoms with Crippen LogP contribution in [0.15, 0.2) is 12.1 Å².